The molecule has 0 amide bonds. The summed E-state index contributed by atoms with van der Waals surface area (Å²) in [6.07, 6.45) is 0. The van der Waals surface area contributed by atoms with Gasteiger partial charge in [-0.05, 0) is 13.8 Å². The smallest absolute Gasteiger partial charge is 0.157 e. The van der Waals surface area contributed by atoms with Crippen LogP contribution in [-0.4, -0.2) is 32.0 Å². The van der Waals surface area contributed by atoms with Crippen molar-refractivity contribution in [1.82, 2.24) is 5.32 Å². The van der Waals surface area contributed by atoms with Gasteiger partial charge in [0, 0.05) is 13.1 Å². The highest BCUT2D eigenvalue weighted by atomic mass is 35.5. The van der Waals surface area contributed by atoms with E-state index in [1.807, 2.05) is 0 Å². The number of rotatable bonds is 0. The van der Waals surface area contributed by atoms with Crippen LogP contribution in [0.1, 0.15) is 13.8 Å². The molecule has 1 heterocycles. The summed E-state index contributed by atoms with van der Waals surface area (Å²) in [6, 6.07) is 0. The van der Waals surface area contributed by atoms with E-state index in [1.165, 1.54) is 0 Å². The Bertz CT molecular complexity index is 223. The van der Waals surface area contributed by atoms with Gasteiger partial charge in [0.2, 0.25) is 0 Å². The van der Waals surface area contributed by atoms with Crippen LogP contribution in [0.4, 0.5) is 0 Å². The van der Waals surface area contributed by atoms with Crippen LogP contribution in [0.25, 0.3) is 0 Å². The summed E-state index contributed by atoms with van der Waals surface area (Å²) in [4.78, 5) is 0. The Morgan fingerprint density at radius 1 is 1.36 bits per heavy atom. The Morgan fingerprint density at radius 2 is 1.91 bits per heavy atom. The van der Waals surface area contributed by atoms with Gasteiger partial charge in [0.1, 0.15) is 0 Å². The topological polar surface area (TPSA) is 46.2 Å². The Balaban J connectivity index is 0.000001000. The van der Waals surface area contributed by atoms with Gasteiger partial charge in [0.25, 0.3) is 0 Å². The third-order valence-electron chi connectivity index (χ3n) is 1.94. The second-order valence-electron chi connectivity index (χ2n) is 3.26. The zero-order chi connectivity index (χ0) is 7.83. The molecule has 0 aromatic rings. The lowest BCUT2D eigenvalue weighted by Crippen LogP contribution is -2.50. The number of hydrogen-bond acceptors (Lipinski definition) is 3. The zero-order valence-electron chi connectivity index (χ0n) is 6.75. The van der Waals surface area contributed by atoms with Crippen LogP contribution in [-0.2, 0) is 9.84 Å². The van der Waals surface area contributed by atoms with Crippen molar-refractivity contribution >= 4 is 22.2 Å². The number of halogens is 1. The summed E-state index contributed by atoms with van der Waals surface area (Å²) in [5.74, 6) is 0.278. The third-order valence-corrected chi connectivity index (χ3v) is 4.51. The molecular weight excluding hydrogens is 186 g/mol. The average Bonchev–Trinajstić information content (AvgIpc) is 1.77. The molecule has 1 saturated heterocycles. The molecule has 1 rings (SSSR count). The normalized spacial score (nSPS) is 27.1. The molecule has 0 aromatic carbocycles. The third kappa shape index (κ3) is 2.07. The van der Waals surface area contributed by atoms with Crippen molar-refractivity contribution in [2.45, 2.75) is 18.6 Å². The molecule has 0 atom stereocenters. The molecule has 1 N–H and O–H groups in total. The highest BCUT2D eigenvalue weighted by Gasteiger charge is 2.36. The van der Waals surface area contributed by atoms with Crippen LogP contribution in [0.2, 0.25) is 0 Å². The number of hydrogen-bond donors (Lipinski definition) is 1. The number of sulfone groups is 1. The van der Waals surface area contributed by atoms with Gasteiger partial charge in [-0.3, -0.25) is 0 Å². The minimum absolute atomic E-state index is 0. The molecule has 0 bridgehead atoms. The monoisotopic (exact) mass is 199 g/mol. The van der Waals surface area contributed by atoms with Gasteiger partial charge in [0.15, 0.2) is 9.84 Å². The van der Waals surface area contributed by atoms with Crippen molar-refractivity contribution in [1.29, 1.82) is 0 Å². The molecule has 0 spiro atoms. The molecule has 1 aliphatic rings. The van der Waals surface area contributed by atoms with Crippen LogP contribution >= 0.6 is 12.4 Å². The first-order valence-corrected chi connectivity index (χ1v) is 5.04. The molecule has 0 unspecified atom stereocenters. The van der Waals surface area contributed by atoms with Gasteiger partial charge >= 0.3 is 0 Å². The van der Waals surface area contributed by atoms with Crippen molar-refractivity contribution in [3.05, 3.63) is 0 Å². The second-order valence-corrected chi connectivity index (χ2v) is 6.00. The molecule has 11 heavy (non-hydrogen) atoms. The molecule has 1 fully saturated rings. The second kappa shape index (κ2) is 3.29. The van der Waals surface area contributed by atoms with Crippen LogP contribution in [0.5, 0.6) is 0 Å². The van der Waals surface area contributed by atoms with Crippen LogP contribution in [0.15, 0.2) is 0 Å². The van der Waals surface area contributed by atoms with Crippen molar-refractivity contribution in [2.24, 2.45) is 0 Å². The Kier molecular flexibility index (Phi) is 3.35. The molecule has 0 saturated carbocycles. The highest BCUT2D eigenvalue weighted by Crippen LogP contribution is 2.18. The first kappa shape index (κ1) is 11.2. The highest BCUT2D eigenvalue weighted by molar-refractivity contribution is 7.92. The molecule has 0 aliphatic carbocycles. The van der Waals surface area contributed by atoms with Crippen LogP contribution < -0.4 is 5.32 Å². The van der Waals surface area contributed by atoms with Crippen molar-refractivity contribution < 1.29 is 8.42 Å². The van der Waals surface area contributed by atoms with Gasteiger partial charge in [-0.15, -0.1) is 12.4 Å². The van der Waals surface area contributed by atoms with Crippen molar-refractivity contribution in [3.63, 3.8) is 0 Å². The van der Waals surface area contributed by atoms with E-state index in [-0.39, 0.29) is 18.2 Å². The molecule has 1 aliphatic heterocycles. The quantitative estimate of drug-likeness (QED) is 0.607. The van der Waals surface area contributed by atoms with Crippen LogP contribution in [0.3, 0.4) is 0 Å². The fourth-order valence-corrected chi connectivity index (χ4v) is 2.27. The predicted molar refractivity (Wildman–Crippen MR) is 48.0 cm³/mol. The van der Waals surface area contributed by atoms with Gasteiger partial charge < -0.3 is 5.32 Å². The summed E-state index contributed by atoms with van der Waals surface area (Å²) in [6.45, 7) is 4.70. The molecule has 0 aromatic heterocycles. The average molecular weight is 200 g/mol. The van der Waals surface area contributed by atoms with Gasteiger partial charge in [0.05, 0.1) is 10.5 Å². The molecule has 3 nitrogen and oxygen atoms in total. The summed E-state index contributed by atoms with van der Waals surface area (Å²) >= 11 is 0. The van der Waals surface area contributed by atoms with Crippen LogP contribution in [0, 0.1) is 0 Å². The Hall–Kier alpha value is 0.200. The Labute approximate surface area is 73.9 Å². The van der Waals surface area contributed by atoms with E-state index in [2.05, 4.69) is 5.32 Å². The molecular formula is C6H14ClNO2S. The number of nitrogens with one attached hydrogen (secondary N) is 1. The Morgan fingerprint density at radius 3 is 2.18 bits per heavy atom. The SMILES string of the molecule is CC1(C)CNCCS1(=O)=O.Cl. The maximum absolute atomic E-state index is 11.3. The van der Waals surface area contributed by atoms with E-state index in [0.717, 1.165) is 0 Å². The van der Waals surface area contributed by atoms with Gasteiger partial charge in [-0.25, -0.2) is 8.42 Å². The summed E-state index contributed by atoms with van der Waals surface area (Å²) in [5, 5.41) is 3.05. The van der Waals surface area contributed by atoms with E-state index in [0.29, 0.717) is 13.1 Å². The van der Waals surface area contributed by atoms with Crippen molar-refractivity contribution in [3.8, 4) is 0 Å². The molecule has 0 radical (unpaired) electrons. The summed E-state index contributed by atoms with van der Waals surface area (Å²) in [5.41, 5.74) is 0. The zero-order valence-corrected chi connectivity index (χ0v) is 8.39. The first-order valence-electron chi connectivity index (χ1n) is 3.39. The molecule has 68 valence electrons. The van der Waals surface area contributed by atoms with E-state index in [4.69, 9.17) is 0 Å². The fraction of sp³-hybridized carbons (Fsp3) is 1.00. The lowest BCUT2D eigenvalue weighted by atomic mass is 10.2. The van der Waals surface area contributed by atoms with Crippen molar-refractivity contribution in [2.75, 3.05) is 18.8 Å². The first-order chi connectivity index (χ1) is 4.46. The maximum atomic E-state index is 11.3. The summed E-state index contributed by atoms with van der Waals surface area (Å²) in [7, 11) is -2.82. The minimum atomic E-state index is -2.82. The lowest BCUT2D eigenvalue weighted by molar-refractivity contribution is 0.498. The summed E-state index contributed by atoms with van der Waals surface area (Å²) < 4.78 is 22.0. The minimum Gasteiger partial charge on any atom is -0.314 e. The van der Waals surface area contributed by atoms with E-state index < -0.39 is 14.6 Å². The van der Waals surface area contributed by atoms with Gasteiger partial charge in [-0.1, -0.05) is 0 Å². The lowest BCUT2D eigenvalue weighted by Gasteiger charge is -2.29. The van der Waals surface area contributed by atoms with E-state index >= 15 is 0 Å². The molecule has 5 heteroatoms. The van der Waals surface area contributed by atoms with E-state index in [9.17, 15) is 8.42 Å². The maximum Gasteiger partial charge on any atom is 0.157 e. The van der Waals surface area contributed by atoms with Gasteiger partial charge in [-0.2, -0.15) is 0 Å². The predicted octanol–water partition coefficient (Wildman–Crippen LogP) is 0.205. The largest absolute Gasteiger partial charge is 0.314 e. The van der Waals surface area contributed by atoms with E-state index in [1.54, 1.807) is 13.8 Å². The fourth-order valence-electron chi connectivity index (χ4n) is 0.982. The standard InChI is InChI=1S/C6H13NO2S.ClH/c1-6(2)5-7-3-4-10(6,8)9;/h7H,3-5H2,1-2H3;1H.